The topological polar surface area (TPSA) is 26.3 Å². The van der Waals surface area contributed by atoms with Crippen LogP contribution in [0.1, 0.15) is 64.2 Å². The van der Waals surface area contributed by atoms with Crippen LogP contribution in [0.4, 0.5) is 0 Å². The van der Waals surface area contributed by atoms with Gasteiger partial charge in [-0.05, 0) is 62.7 Å². The summed E-state index contributed by atoms with van der Waals surface area (Å²) in [4.78, 5) is 11.9. The highest BCUT2D eigenvalue weighted by atomic mass is 16.5. The Morgan fingerprint density at radius 3 is 2.47 bits per heavy atom. The molecule has 0 saturated heterocycles. The van der Waals surface area contributed by atoms with Crippen molar-refractivity contribution in [2.75, 3.05) is 0 Å². The van der Waals surface area contributed by atoms with E-state index in [-0.39, 0.29) is 12.1 Å². The predicted octanol–water partition coefficient (Wildman–Crippen LogP) is 3.69. The molecule has 0 spiro atoms. The maximum Gasteiger partial charge on any atom is 0.306 e. The minimum atomic E-state index is 0.0921. The van der Waals surface area contributed by atoms with E-state index < -0.39 is 0 Å². The van der Waals surface area contributed by atoms with Crippen molar-refractivity contribution in [3.63, 3.8) is 0 Å². The lowest BCUT2D eigenvalue weighted by Gasteiger charge is -2.24. The number of hydrogen-bond acceptors (Lipinski definition) is 2. The molecule has 17 heavy (non-hydrogen) atoms. The Morgan fingerprint density at radius 2 is 1.82 bits per heavy atom. The van der Waals surface area contributed by atoms with Crippen LogP contribution < -0.4 is 0 Å². The second-order valence-corrected chi connectivity index (χ2v) is 6.39. The van der Waals surface area contributed by atoms with E-state index in [0.29, 0.717) is 12.3 Å². The van der Waals surface area contributed by atoms with E-state index in [9.17, 15) is 4.79 Å². The van der Waals surface area contributed by atoms with E-state index in [1.807, 2.05) is 0 Å². The van der Waals surface area contributed by atoms with Crippen molar-refractivity contribution in [2.45, 2.75) is 70.3 Å². The lowest BCUT2D eigenvalue weighted by molar-refractivity contribution is -0.152. The fourth-order valence-corrected chi connectivity index (χ4v) is 4.26. The normalized spacial score (nSPS) is 37.3. The van der Waals surface area contributed by atoms with Gasteiger partial charge in [0, 0.05) is 6.42 Å². The lowest BCUT2D eigenvalue weighted by Crippen LogP contribution is -2.23. The Labute approximate surface area is 104 Å². The minimum Gasteiger partial charge on any atom is -0.462 e. The minimum absolute atomic E-state index is 0.0921. The first-order valence-electron chi connectivity index (χ1n) is 7.51. The highest BCUT2D eigenvalue weighted by Gasteiger charge is 2.40. The van der Waals surface area contributed by atoms with E-state index >= 15 is 0 Å². The van der Waals surface area contributed by atoms with E-state index in [4.69, 9.17) is 4.74 Å². The molecule has 0 heterocycles. The highest BCUT2D eigenvalue weighted by molar-refractivity contribution is 5.70. The van der Waals surface area contributed by atoms with E-state index in [2.05, 4.69) is 0 Å². The van der Waals surface area contributed by atoms with Gasteiger partial charge in [-0.2, -0.15) is 0 Å². The van der Waals surface area contributed by atoms with E-state index in [0.717, 1.165) is 24.7 Å². The maximum absolute atomic E-state index is 11.9. The molecule has 0 aromatic carbocycles. The molecule has 0 aromatic rings. The first kappa shape index (κ1) is 11.6. The van der Waals surface area contributed by atoms with Crippen LogP contribution in [0, 0.1) is 17.8 Å². The van der Waals surface area contributed by atoms with Crippen LogP contribution in [0.5, 0.6) is 0 Å². The quantitative estimate of drug-likeness (QED) is 0.699. The summed E-state index contributed by atoms with van der Waals surface area (Å²) in [5.74, 6) is 2.53. The van der Waals surface area contributed by atoms with Gasteiger partial charge in [0.1, 0.15) is 6.10 Å². The molecular formula is C15H24O2. The number of rotatable bonds is 3. The molecule has 3 unspecified atom stereocenters. The van der Waals surface area contributed by atoms with Crippen LogP contribution in [-0.4, -0.2) is 12.1 Å². The van der Waals surface area contributed by atoms with Crippen molar-refractivity contribution < 1.29 is 9.53 Å². The SMILES string of the molecule is O=C(CC1CC2CCC1C2)OC1CCCCC1. The number of hydrogen-bond donors (Lipinski definition) is 0. The molecule has 2 heteroatoms. The zero-order valence-corrected chi connectivity index (χ0v) is 10.7. The Balaban J connectivity index is 1.44. The molecule has 0 aromatic heterocycles. The van der Waals surface area contributed by atoms with Gasteiger partial charge < -0.3 is 4.74 Å². The molecule has 2 bridgehead atoms. The first-order chi connectivity index (χ1) is 8.31. The third-order valence-corrected chi connectivity index (χ3v) is 5.16. The van der Waals surface area contributed by atoms with E-state index in [1.54, 1.807) is 0 Å². The molecule has 0 aliphatic heterocycles. The standard InChI is InChI=1S/C15H24O2/c16-15(17-14-4-2-1-3-5-14)10-13-9-11-6-7-12(13)8-11/h11-14H,1-10H2. The molecule has 3 fully saturated rings. The molecular weight excluding hydrogens is 212 g/mol. The molecule has 0 radical (unpaired) electrons. The summed E-state index contributed by atoms with van der Waals surface area (Å²) >= 11 is 0. The van der Waals surface area contributed by atoms with Crippen LogP contribution >= 0.6 is 0 Å². The smallest absolute Gasteiger partial charge is 0.306 e. The number of esters is 1. The lowest BCUT2D eigenvalue weighted by atomic mass is 9.86. The van der Waals surface area contributed by atoms with Crippen LogP contribution in [0.3, 0.4) is 0 Å². The van der Waals surface area contributed by atoms with Gasteiger partial charge in [-0.15, -0.1) is 0 Å². The fourth-order valence-electron chi connectivity index (χ4n) is 4.26. The van der Waals surface area contributed by atoms with Gasteiger partial charge in [0.15, 0.2) is 0 Å². The summed E-state index contributed by atoms with van der Waals surface area (Å²) in [5, 5.41) is 0. The zero-order chi connectivity index (χ0) is 11.7. The number of carbonyl (C=O) groups excluding carboxylic acids is 1. The summed E-state index contributed by atoms with van der Waals surface area (Å²) in [7, 11) is 0. The maximum atomic E-state index is 11.9. The second kappa shape index (κ2) is 4.99. The van der Waals surface area contributed by atoms with Crippen molar-refractivity contribution >= 4 is 5.97 Å². The summed E-state index contributed by atoms with van der Waals surface area (Å²) in [5.41, 5.74) is 0. The van der Waals surface area contributed by atoms with Crippen molar-refractivity contribution in [3.05, 3.63) is 0 Å². The van der Waals surface area contributed by atoms with Gasteiger partial charge in [0.2, 0.25) is 0 Å². The highest BCUT2D eigenvalue weighted by Crippen LogP contribution is 2.49. The summed E-state index contributed by atoms with van der Waals surface area (Å²) in [6.45, 7) is 0. The number of ether oxygens (including phenoxy) is 1. The molecule has 0 amide bonds. The van der Waals surface area contributed by atoms with Crippen molar-refractivity contribution in [3.8, 4) is 0 Å². The average Bonchev–Trinajstić information content (AvgIpc) is 2.92. The Hall–Kier alpha value is -0.530. The Kier molecular flexibility index (Phi) is 3.39. The first-order valence-corrected chi connectivity index (χ1v) is 7.51. The Bertz CT molecular complexity index is 281. The molecule has 0 N–H and O–H groups in total. The Morgan fingerprint density at radius 1 is 1.00 bits per heavy atom. The van der Waals surface area contributed by atoms with Crippen LogP contribution in [0.25, 0.3) is 0 Å². The second-order valence-electron chi connectivity index (χ2n) is 6.39. The van der Waals surface area contributed by atoms with Crippen LogP contribution in [0.15, 0.2) is 0 Å². The largest absolute Gasteiger partial charge is 0.462 e. The average molecular weight is 236 g/mol. The summed E-state index contributed by atoms with van der Waals surface area (Å²) in [6.07, 6.45) is 12.4. The van der Waals surface area contributed by atoms with Crippen molar-refractivity contribution in [1.82, 2.24) is 0 Å². The van der Waals surface area contributed by atoms with Gasteiger partial charge >= 0.3 is 5.97 Å². The molecule has 96 valence electrons. The van der Waals surface area contributed by atoms with Crippen LogP contribution in [-0.2, 0) is 9.53 Å². The molecule has 2 nitrogen and oxygen atoms in total. The summed E-state index contributed by atoms with van der Waals surface area (Å²) in [6, 6.07) is 0. The third-order valence-electron chi connectivity index (χ3n) is 5.16. The monoisotopic (exact) mass is 236 g/mol. The summed E-state index contributed by atoms with van der Waals surface area (Å²) < 4.78 is 5.62. The van der Waals surface area contributed by atoms with Gasteiger partial charge in [0.05, 0.1) is 0 Å². The molecule has 3 aliphatic rings. The molecule has 3 saturated carbocycles. The molecule has 3 aliphatic carbocycles. The van der Waals surface area contributed by atoms with Gasteiger partial charge in [-0.1, -0.05) is 12.8 Å². The van der Waals surface area contributed by atoms with Crippen molar-refractivity contribution in [2.24, 2.45) is 17.8 Å². The van der Waals surface area contributed by atoms with Gasteiger partial charge in [-0.3, -0.25) is 4.79 Å². The van der Waals surface area contributed by atoms with Crippen LogP contribution in [0.2, 0.25) is 0 Å². The molecule has 3 atom stereocenters. The van der Waals surface area contributed by atoms with Gasteiger partial charge in [0.25, 0.3) is 0 Å². The number of carbonyl (C=O) groups is 1. The van der Waals surface area contributed by atoms with Gasteiger partial charge in [-0.25, -0.2) is 0 Å². The van der Waals surface area contributed by atoms with E-state index in [1.165, 1.54) is 44.9 Å². The predicted molar refractivity (Wildman–Crippen MR) is 66.5 cm³/mol. The third kappa shape index (κ3) is 2.66. The fraction of sp³-hybridized carbons (Fsp3) is 0.933. The van der Waals surface area contributed by atoms with Crippen molar-refractivity contribution in [1.29, 1.82) is 0 Å². The zero-order valence-electron chi connectivity index (χ0n) is 10.7. The molecule has 3 rings (SSSR count). The number of fused-ring (bicyclic) bond motifs is 2.